The van der Waals surface area contributed by atoms with Crippen molar-refractivity contribution in [3.05, 3.63) is 48.2 Å². The maximum atomic E-state index is 12.6. The zero-order valence-electron chi connectivity index (χ0n) is 16.6. The summed E-state index contributed by atoms with van der Waals surface area (Å²) in [5, 5.41) is 5.32. The molecule has 3 aromatic rings. The number of ether oxygens (including phenoxy) is 1. The molecule has 2 N–H and O–H groups in total. The average Bonchev–Trinajstić information content (AvgIpc) is 2.79. The monoisotopic (exact) mass is 406 g/mol. The largest absolute Gasteiger partial charge is 0.378 e. The van der Waals surface area contributed by atoms with Crippen LogP contribution in [0.5, 0.6) is 0 Å². The van der Waals surface area contributed by atoms with Crippen molar-refractivity contribution < 1.29 is 14.3 Å². The molecular weight excluding hydrogens is 384 g/mol. The summed E-state index contributed by atoms with van der Waals surface area (Å²) in [7, 11) is 0. The third kappa shape index (κ3) is 4.36. The van der Waals surface area contributed by atoms with Gasteiger partial charge in [0.1, 0.15) is 11.3 Å². The minimum atomic E-state index is -0.325. The van der Waals surface area contributed by atoms with Crippen LogP contribution in [-0.2, 0) is 4.74 Å². The van der Waals surface area contributed by atoms with Gasteiger partial charge in [0.2, 0.25) is 0 Å². The number of amides is 3. The number of anilines is 1. The molecule has 4 rings (SSSR count). The number of hydrogen-bond donors (Lipinski definition) is 2. The van der Waals surface area contributed by atoms with Crippen molar-refractivity contribution in [3.63, 3.8) is 0 Å². The SMILES string of the molecule is CCNC(=O)Nc1ccc2ncc(-c3ccc(C(=O)N4CCOCC4)cc3)nc2n1. The first kappa shape index (κ1) is 19.7. The lowest BCUT2D eigenvalue weighted by Crippen LogP contribution is -2.40. The second-order valence-electron chi connectivity index (χ2n) is 6.76. The molecule has 0 bridgehead atoms. The molecule has 1 aliphatic heterocycles. The summed E-state index contributed by atoms with van der Waals surface area (Å²) in [6, 6.07) is 10.4. The van der Waals surface area contributed by atoms with Gasteiger partial charge >= 0.3 is 6.03 Å². The van der Waals surface area contributed by atoms with E-state index in [0.29, 0.717) is 61.1 Å². The first-order valence-electron chi connectivity index (χ1n) is 9.80. The summed E-state index contributed by atoms with van der Waals surface area (Å²) in [5.74, 6) is 0.392. The summed E-state index contributed by atoms with van der Waals surface area (Å²) >= 11 is 0. The van der Waals surface area contributed by atoms with E-state index >= 15 is 0 Å². The number of aromatic nitrogens is 3. The number of hydrogen-bond acceptors (Lipinski definition) is 6. The molecule has 9 heteroatoms. The topological polar surface area (TPSA) is 109 Å². The van der Waals surface area contributed by atoms with Crippen LogP contribution in [-0.4, -0.2) is 64.6 Å². The number of morpholine rings is 1. The Morgan fingerprint density at radius 3 is 2.57 bits per heavy atom. The normalized spacial score (nSPS) is 13.8. The quantitative estimate of drug-likeness (QED) is 0.688. The van der Waals surface area contributed by atoms with Crippen LogP contribution in [0.3, 0.4) is 0 Å². The van der Waals surface area contributed by atoms with Crippen LogP contribution in [0.1, 0.15) is 17.3 Å². The number of benzene rings is 1. The minimum absolute atomic E-state index is 0.00261. The van der Waals surface area contributed by atoms with Crippen LogP contribution in [0, 0.1) is 0 Å². The van der Waals surface area contributed by atoms with Crippen molar-refractivity contribution >= 4 is 28.9 Å². The van der Waals surface area contributed by atoms with E-state index in [9.17, 15) is 9.59 Å². The zero-order valence-corrected chi connectivity index (χ0v) is 16.6. The average molecular weight is 406 g/mol. The molecule has 0 saturated carbocycles. The van der Waals surface area contributed by atoms with Crippen LogP contribution >= 0.6 is 0 Å². The summed E-state index contributed by atoms with van der Waals surface area (Å²) in [4.78, 5) is 39.4. The van der Waals surface area contributed by atoms with Crippen molar-refractivity contribution in [1.82, 2.24) is 25.2 Å². The van der Waals surface area contributed by atoms with E-state index in [1.165, 1.54) is 0 Å². The van der Waals surface area contributed by atoms with Gasteiger partial charge in [0.15, 0.2) is 5.65 Å². The van der Waals surface area contributed by atoms with Crippen molar-refractivity contribution in [1.29, 1.82) is 0 Å². The Hall–Kier alpha value is -3.59. The fourth-order valence-electron chi connectivity index (χ4n) is 3.16. The number of fused-ring (bicyclic) bond motifs is 1. The van der Waals surface area contributed by atoms with Crippen molar-refractivity contribution in [2.24, 2.45) is 0 Å². The van der Waals surface area contributed by atoms with Gasteiger partial charge < -0.3 is 15.0 Å². The highest BCUT2D eigenvalue weighted by molar-refractivity contribution is 5.94. The highest BCUT2D eigenvalue weighted by Crippen LogP contribution is 2.21. The molecule has 3 amide bonds. The Morgan fingerprint density at radius 1 is 1.07 bits per heavy atom. The maximum Gasteiger partial charge on any atom is 0.320 e. The van der Waals surface area contributed by atoms with Gasteiger partial charge in [-0.1, -0.05) is 12.1 Å². The first-order chi connectivity index (χ1) is 14.6. The van der Waals surface area contributed by atoms with E-state index in [1.807, 2.05) is 19.1 Å². The van der Waals surface area contributed by atoms with E-state index < -0.39 is 0 Å². The molecule has 30 heavy (non-hydrogen) atoms. The smallest absolute Gasteiger partial charge is 0.320 e. The van der Waals surface area contributed by atoms with Crippen LogP contribution < -0.4 is 10.6 Å². The Balaban J connectivity index is 1.54. The van der Waals surface area contributed by atoms with Crippen LogP contribution in [0.15, 0.2) is 42.6 Å². The van der Waals surface area contributed by atoms with Gasteiger partial charge in [-0.05, 0) is 31.2 Å². The van der Waals surface area contributed by atoms with Gasteiger partial charge in [-0.25, -0.2) is 14.8 Å². The van der Waals surface area contributed by atoms with E-state index in [1.54, 1.807) is 35.4 Å². The molecule has 0 aliphatic carbocycles. The zero-order chi connectivity index (χ0) is 20.9. The highest BCUT2D eigenvalue weighted by Gasteiger charge is 2.18. The molecule has 1 aliphatic rings. The summed E-state index contributed by atoms with van der Waals surface area (Å²) in [6.45, 7) is 4.71. The Labute approximate surface area is 173 Å². The minimum Gasteiger partial charge on any atom is -0.378 e. The number of rotatable bonds is 4. The van der Waals surface area contributed by atoms with E-state index in [0.717, 1.165) is 5.56 Å². The van der Waals surface area contributed by atoms with Gasteiger partial charge in [0.25, 0.3) is 5.91 Å². The lowest BCUT2D eigenvalue weighted by molar-refractivity contribution is 0.0303. The third-order valence-corrected chi connectivity index (χ3v) is 4.71. The molecule has 1 aromatic carbocycles. The third-order valence-electron chi connectivity index (χ3n) is 4.71. The number of nitrogens with one attached hydrogen (secondary N) is 2. The summed E-state index contributed by atoms with van der Waals surface area (Å²) in [5.41, 5.74) is 3.14. The second kappa shape index (κ2) is 8.83. The van der Waals surface area contributed by atoms with Gasteiger partial charge in [0.05, 0.1) is 25.1 Å². The standard InChI is InChI=1S/C21H22N6O3/c1-2-22-21(29)26-18-8-7-16-19(25-18)24-17(13-23-16)14-3-5-15(6-4-14)20(28)27-9-11-30-12-10-27/h3-8,13H,2,9-12H2,1H3,(H2,22,24,25,26,29). The van der Waals surface area contributed by atoms with E-state index in [4.69, 9.17) is 4.74 Å². The number of urea groups is 1. The van der Waals surface area contributed by atoms with Gasteiger partial charge in [0, 0.05) is 30.8 Å². The predicted octanol–water partition coefficient (Wildman–Crippen LogP) is 2.31. The Kier molecular flexibility index (Phi) is 5.80. The number of nitrogens with zero attached hydrogens (tertiary/aromatic N) is 4. The highest BCUT2D eigenvalue weighted by atomic mass is 16.5. The summed E-state index contributed by atoms with van der Waals surface area (Å²) < 4.78 is 5.30. The molecule has 0 atom stereocenters. The van der Waals surface area contributed by atoms with Crippen molar-refractivity contribution in [2.75, 3.05) is 38.2 Å². The fourth-order valence-corrected chi connectivity index (χ4v) is 3.16. The molecule has 154 valence electrons. The molecule has 1 fully saturated rings. The van der Waals surface area contributed by atoms with Crippen LogP contribution in [0.25, 0.3) is 22.4 Å². The molecule has 1 saturated heterocycles. The predicted molar refractivity (Wildman–Crippen MR) is 112 cm³/mol. The fraction of sp³-hybridized carbons (Fsp3) is 0.286. The molecule has 0 unspecified atom stereocenters. The summed E-state index contributed by atoms with van der Waals surface area (Å²) in [6.07, 6.45) is 1.67. The second-order valence-corrected chi connectivity index (χ2v) is 6.76. The molecule has 0 radical (unpaired) electrons. The lowest BCUT2D eigenvalue weighted by atomic mass is 10.1. The first-order valence-corrected chi connectivity index (χ1v) is 9.80. The van der Waals surface area contributed by atoms with E-state index in [2.05, 4.69) is 25.6 Å². The molecule has 2 aromatic heterocycles. The van der Waals surface area contributed by atoms with Gasteiger partial charge in [-0.2, -0.15) is 0 Å². The molecule has 0 spiro atoms. The number of carbonyl (C=O) groups is 2. The maximum absolute atomic E-state index is 12.6. The number of pyridine rings is 1. The number of carbonyl (C=O) groups excluding carboxylic acids is 2. The van der Waals surface area contributed by atoms with Gasteiger partial charge in [-0.15, -0.1) is 0 Å². The van der Waals surface area contributed by atoms with Crippen LogP contribution in [0.2, 0.25) is 0 Å². The molecule has 9 nitrogen and oxygen atoms in total. The van der Waals surface area contributed by atoms with Crippen molar-refractivity contribution in [3.8, 4) is 11.3 Å². The lowest BCUT2D eigenvalue weighted by Gasteiger charge is -2.26. The Bertz CT molecular complexity index is 1060. The Morgan fingerprint density at radius 2 is 1.83 bits per heavy atom. The molecular formula is C21H22N6O3. The van der Waals surface area contributed by atoms with Crippen molar-refractivity contribution in [2.45, 2.75) is 6.92 Å². The van der Waals surface area contributed by atoms with Gasteiger partial charge in [-0.3, -0.25) is 15.1 Å². The van der Waals surface area contributed by atoms with E-state index in [-0.39, 0.29) is 11.9 Å². The van der Waals surface area contributed by atoms with Crippen LogP contribution in [0.4, 0.5) is 10.6 Å². The molecule has 3 heterocycles.